The van der Waals surface area contributed by atoms with E-state index in [0.29, 0.717) is 62.0 Å². The maximum atomic E-state index is 13.7. The highest BCUT2D eigenvalue weighted by atomic mass is 35.5. The molecule has 2 heterocycles. The molecule has 3 atom stereocenters. The van der Waals surface area contributed by atoms with E-state index in [4.69, 9.17) is 17.3 Å². The van der Waals surface area contributed by atoms with Crippen molar-refractivity contribution in [3.8, 4) is 0 Å². The minimum Gasteiger partial charge on any atom is -0.368 e. The van der Waals surface area contributed by atoms with Crippen LogP contribution in [0.5, 0.6) is 0 Å². The van der Waals surface area contributed by atoms with Crippen LogP contribution in [0.4, 0.5) is 18.9 Å². The van der Waals surface area contributed by atoms with Crippen molar-refractivity contribution in [1.82, 2.24) is 9.80 Å². The summed E-state index contributed by atoms with van der Waals surface area (Å²) in [6.45, 7) is 8.14. The average Bonchev–Trinajstić information content (AvgIpc) is 3.33. The smallest absolute Gasteiger partial charge is 0.368 e. The molecule has 2 aromatic carbocycles. The molecule has 39 heavy (non-hydrogen) atoms. The van der Waals surface area contributed by atoms with E-state index in [1.165, 1.54) is 19.1 Å². The van der Waals surface area contributed by atoms with E-state index in [1.807, 2.05) is 35.8 Å². The zero-order valence-corrected chi connectivity index (χ0v) is 23.3. The molecule has 2 N–H and O–H groups in total. The largest absolute Gasteiger partial charge is 0.416 e. The predicted octanol–water partition coefficient (Wildman–Crippen LogP) is 5.32. The first-order valence-electron chi connectivity index (χ1n) is 13.4. The molecule has 0 aliphatic carbocycles. The molecule has 0 aromatic heterocycles. The molecule has 4 rings (SSSR count). The summed E-state index contributed by atoms with van der Waals surface area (Å²) < 4.78 is 40.4. The quantitative estimate of drug-likeness (QED) is 0.516. The van der Waals surface area contributed by atoms with E-state index in [2.05, 4.69) is 0 Å². The molecule has 2 fully saturated rings. The number of carbonyl (C=O) groups excluding carboxylic acids is 2. The predicted molar refractivity (Wildman–Crippen MR) is 147 cm³/mol. The number of nitrogens with two attached hydrogens (primary N) is 1. The van der Waals surface area contributed by atoms with Crippen LogP contribution >= 0.6 is 11.6 Å². The molecule has 6 nitrogen and oxygen atoms in total. The number of hydrogen-bond acceptors (Lipinski definition) is 4. The van der Waals surface area contributed by atoms with Crippen LogP contribution in [0.3, 0.4) is 0 Å². The van der Waals surface area contributed by atoms with Crippen molar-refractivity contribution in [3.05, 3.63) is 64.2 Å². The van der Waals surface area contributed by atoms with Gasteiger partial charge in [0, 0.05) is 68.9 Å². The molecule has 0 spiro atoms. The Labute approximate surface area is 232 Å². The van der Waals surface area contributed by atoms with Crippen molar-refractivity contribution >= 4 is 29.1 Å². The Balaban J connectivity index is 1.51. The van der Waals surface area contributed by atoms with Gasteiger partial charge in [-0.25, -0.2) is 0 Å². The molecule has 212 valence electrons. The third kappa shape index (κ3) is 6.69. The molecule has 0 radical (unpaired) electrons. The van der Waals surface area contributed by atoms with Crippen LogP contribution in [0.1, 0.15) is 55.8 Å². The fourth-order valence-corrected chi connectivity index (χ4v) is 5.84. The van der Waals surface area contributed by atoms with E-state index in [0.717, 1.165) is 11.6 Å². The van der Waals surface area contributed by atoms with Gasteiger partial charge in [-0.15, -0.1) is 0 Å². The lowest BCUT2D eigenvalue weighted by atomic mass is 9.88. The van der Waals surface area contributed by atoms with Gasteiger partial charge in [0.25, 0.3) is 0 Å². The monoisotopic (exact) mass is 564 g/mol. The van der Waals surface area contributed by atoms with E-state index < -0.39 is 17.8 Å². The van der Waals surface area contributed by atoms with E-state index in [1.54, 1.807) is 17.0 Å². The number of carbonyl (C=O) groups is 2. The van der Waals surface area contributed by atoms with E-state index in [9.17, 15) is 22.8 Å². The summed E-state index contributed by atoms with van der Waals surface area (Å²) in [6, 6.07) is 10.6. The lowest BCUT2D eigenvalue weighted by Gasteiger charge is -2.39. The number of amides is 2. The number of likely N-dealkylation sites (tertiary alicyclic amines) is 1. The molecule has 2 saturated heterocycles. The van der Waals surface area contributed by atoms with Crippen molar-refractivity contribution in [2.45, 2.75) is 45.3 Å². The van der Waals surface area contributed by atoms with Gasteiger partial charge in [-0.2, -0.15) is 13.2 Å². The van der Waals surface area contributed by atoms with Crippen LogP contribution < -0.4 is 10.6 Å². The van der Waals surface area contributed by atoms with Crippen LogP contribution in [-0.2, 0) is 15.8 Å². The highest BCUT2D eigenvalue weighted by molar-refractivity contribution is 6.30. The molecule has 0 saturated carbocycles. The maximum Gasteiger partial charge on any atom is 0.416 e. The van der Waals surface area contributed by atoms with Gasteiger partial charge in [-0.3, -0.25) is 9.59 Å². The van der Waals surface area contributed by atoms with Crippen molar-refractivity contribution < 1.29 is 22.8 Å². The fraction of sp³-hybridized carbons (Fsp3) is 0.517. The number of nitrogens with zero attached hydrogens (tertiary/aromatic N) is 3. The normalized spacial score (nSPS) is 21.0. The topological polar surface area (TPSA) is 69.9 Å². The summed E-state index contributed by atoms with van der Waals surface area (Å²) >= 11 is 6.06. The number of rotatable bonds is 6. The molecule has 2 aromatic rings. The number of alkyl halides is 3. The molecule has 0 bridgehead atoms. The Kier molecular flexibility index (Phi) is 8.81. The second kappa shape index (κ2) is 11.8. The van der Waals surface area contributed by atoms with Gasteiger partial charge in [-0.05, 0) is 53.8 Å². The van der Waals surface area contributed by atoms with Gasteiger partial charge < -0.3 is 20.4 Å². The van der Waals surface area contributed by atoms with Crippen LogP contribution in [0.2, 0.25) is 5.02 Å². The first-order chi connectivity index (χ1) is 18.3. The molecular weight excluding hydrogens is 529 g/mol. The minimum absolute atomic E-state index is 0.0116. The first-order valence-corrected chi connectivity index (χ1v) is 13.7. The van der Waals surface area contributed by atoms with Gasteiger partial charge in [0.1, 0.15) is 0 Å². The third-order valence-electron chi connectivity index (χ3n) is 7.79. The zero-order chi connectivity index (χ0) is 28.5. The summed E-state index contributed by atoms with van der Waals surface area (Å²) in [4.78, 5) is 31.4. The Morgan fingerprint density at radius 1 is 1.00 bits per heavy atom. The van der Waals surface area contributed by atoms with Crippen LogP contribution in [0, 0.1) is 11.8 Å². The summed E-state index contributed by atoms with van der Waals surface area (Å²) in [5.41, 5.74) is 7.82. The van der Waals surface area contributed by atoms with Crippen molar-refractivity contribution in [3.63, 3.8) is 0 Å². The van der Waals surface area contributed by atoms with Crippen LogP contribution in [0.15, 0.2) is 42.5 Å². The standard InChI is InChI=1S/C29H36ClF3N4O2/c1-18(2)14-26(34)23-15-21(29(31,32)33)6-9-27(23)35-10-12-36(13-11-35)28(39)25-17-37(19(3)38)16-24(25)20-4-7-22(30)8-5-20/h4-9,15,18,24-26H,10-14,16-17,34H2,1-3H3/t24-,25+,26+/m1/s1. The molecule has 2 aliphatic heterocycles. The first kappa shape index (κ1) is 29.2. The SMILES string of the molecule is CC(=O)N1C[C@H](C(=O)N2CCN(c3ccc(C(F)(F)F)cc3[C@@H](N)CC(C)C)CC2)[C@@H](c2ccc(Cl)cc2)C1. The molecule has 2 amide bonds. The Bertz CT molecular complexity index is 1180. The van der Waals surface area contributed by atoms with Crippen molar-refractivity contribution in [2.24, 2.45) is 17.6 Å². The van der Waals surface area contributed by atoms with Gasteiger partial charge >= 0.3 is 6.18 Å². The minimum atomic E-state index is -4.45. The molecule has 0 unspecified atom stereocenters. The third-order valence-corrected chi connectivity index (χ3v) is 8.04. The Hall–Kier alpha value is -2.78. The summed E-state index contributed by atoms with van der Waals surface area (Å²) in [7, 11) is 0. The number of benzene rings is 2. The van der Waals surface area contributed by atoms with Gasteiger partial charge in [-0.1, -0.05) is 37.6 Å². The lowest BCUT2D eigenvalue weighted by Crippen LogP contribution is -2.51. The number of anilines is 1. The summed E-state index contributed by atoms with van der Waals surface area (Å²) in [6.07, 6.45) is -3.89. The van der Waals surface area contributed by atoms with E-state index >= 15 is 0 Å². The summed E-state index contributed by atoms with van der Waals surface area (Å²) in [5.74, 6) is -0.356. The van der Waals surface area contributed by atoms with Crippen LogP contribution in [0.25, 0.3) is 0 Å². The van der Waals surface area contributed by atoms with Crippen LogP contribution in [-0.4, -0.2) is 60.9 Å². The second-order valence-electron chi connectivity index (χ2n) is 11.0. The number of piperazine rings is 1. The molecule has 10 heteroatoms. The maximum absolute atomic E-state index is 13.7. The number of hydrogen-bond donors (Lipinski definition) is 1. The number of halogens is 4. The molecule has 2 aliphatic rings. The molecular formula is C29H36ClF3N4O2. The highest BCUT2D eigenvalue weighted by Gasteiger charge is 2.42. The average molecular weight is 565 g/mol. The summed E-state index contributed by atoms with van der Waals surface area (Å²) in [5, 5.41) is 0.606. The highest BCUT2D eigenvalue weighted by Crippen LogP contribution is 2.38. The Morgan fingerprint density at radius 2 is 1.64 bits per heavy atom. The fourth-order valence-electron chi connectivity index (χ4n) is 5.71. The van der Waals surface area contributed by atoms with Crippen molar-refractivity contribution in [1.29, 1.82) is 0 Å². The van der Waals surface area contributed by atoms with Gasteiger partial charge in [0.15, 0.2) is 0 Å². The Morgan fingerprint density at radius 3 is 2.21 bits per heavy atom. The van der Waals surface area contributed by atoms with Crippen molar-refractivity contribution in [2.75, 3.05) is 44.2 Å². The van der Waals surface area contributed by atoms with E-state index in [-0.39, 0.29) is 29.6 Å². The second-order valence-corrected chi connectivity index (χ2v) is 11.4. The lowest BCUT2D eigenvalue weighted by molar-refractivity contribution is -0.138. The van der Waals surface area contributed by atoms with Gasteiger partial charge in [0.05, 0.1) is 11.5 Å². The zero-order valence-electron chi connectivity index (χ0n) is 22.5. The van der Waals surface area contributed by atoms with Gasteiger partial charge in [0.2, 0.25) is 11.8 Å².